The van der Waals surface area contributed by atoms with E-state index in [4.69, 9.17) is 4.74 Å². The van der Waals surface area contributed by atoms with E-state index in [0.29, 0.717) is 5.56 Å². The van der Waals surface area contributed by atoms with E-state index in [2.05, 4.69) is 4.74 Å². The summed E-state index contributed by atoms with van der Waals surface area (Å²) in [5.41, 5.74) is 2.18. The molecule has 0 N–H and O–H groups in total. The lowest BCUT2D eigenvalue weighted by Gasteiger charge is -2.14. The molecule has 6 nitrogen and oxygen atoms in total. The first-order chi connectivity index (χ1) is 12.3. The lowest BCUT2D eigenvalue weighted by Crippen LogP contribution is -2.14. The summed E-state index contributed by atoms with van der Waals surface area (Å²) in [6, 6.07) is 9.28. The van der Waals surface area contributed by atoms with Gasteiger partial charge in [-0.15, -0.1) is 0 Å². The molecule has 0 saturated heterocycles. The standard InChI is InChI=1S/C20H17NO5/c1-11-9-16(13(3)22)18(17(10-21)12(11)2)26-20(24)15-7-5-14(6-8-15)19(23)25-4/h5-9H,1-4H3. The number of carbonyl (C=O) groups is 3. The molecule has 0 heterocycles. The van der Waals surface area contributed by atoms with Crippen LogP contribution in [0.5, 0.6) is 5.75 Å². The number of benzene rings is 2. The molecule has 0 fully saturated rings. The number of carbonyl (C=O) groups excluding carboxylic acids is 3. The van der Waals surface area contributed by atoms with Gasteiger partial charge in [-0.25, -0.2) is 9.59 Å². The lowest BCUT2D eigenvalue weighted by atomic mass is 9.97. The minimum absolute atomic E-state index is 0.0508. The maximum Gasteiger partial charge on any atom is 0.343 e. The molecule has 6 heteroatoms. The second-order valence-electron chi connectivity index (χ2n) is 5.70. The van der Waals surface area contributed by atoms with E-state index in [0.717, 1.165) is 5.56 Å². The van der Waals surface area contributed by atoms with Crippen molar-refractivity contribution in [3.63, 3.8) is 0 Å². The fourth-order valence-corrected chi connectivity index (χ4v) is 2.41. The summed E-state index contributed by atoms with van der Waals surface area (Å²) >= 11 is 0. The zero-order valence-corrected chi connectivity index (χ0v) is 14.9. The predicted octanol–water partition coefficient (Wildman–Crippen LogP) is 3.38. The molecule has 0 unspecified atom stereocenters. The molecule has 0 aromatic heterocycles. The van der Waals surface area contributed by atoms with Gasteiger partial charge in [-0.2, -0.15) is 5.26 Å². The number of rotatable bonds is 4. The summed E-state index contributed by atoms with van der Waals surface area (Å²) in [6.07, 6.45) is 0. The van der Waals surface area contributed by atoms with Gasteiger partial charge in [0.25, 0.3) is 0 Å². The fraction of sp³-hybridized carbons (Fsp3) is 0.200. The van der Waals surface area contributed by atoms with E-state index >= 15 is 0 Å². The number of hydrogen-bond acceptors (Lipinski definition) is 6. The van der Waals surface area contributed by atoms with Crippen molar-refractivity contribution in [2.24, 2.45) is 0 Å². The molecule has 0 bridgehead atoms. The third kappa shape index (κ3) is 3.62. The Bertz CT molecular complexity index is 936. The van der Waals surface area contributed by atoms with E-state index < -0.39 is 11.9 Å². The third-order valence-electron chi connectivity index (χ3n) is 4.03. The van der Waals surface area contributed by atoms with Crippen LogP contribution in [0.1, 0.15) is 54.7 Å². The van der Waals surface area contributed by atoms with Crippen molar-refractivity contribution < 1.29 is 23.9 Å². The van der Waals surface area contributed by atoms with Gasteiger partial charge < -0.3 is 9.47 Å². The normalized spacial score (nSPS) is 9.96. The van der Waals surface area contributed by atoms with Crippen LogP contribution in [0.4, 0.5) is 0 Å². The first kappa shape index (κ1) is 18.9. The van der Waals surface area contributed by atoms with Gasteiger partial charge in [-0.05, 0) is 62.2 Å². The fourth-order valence-electron chi connectivity index (χ4n) is 2.41. The van der Waals surface area contributed by atoms with Crippen LogP contribution in [0.25, 0.3) is 0 Å². The van der Waals surface area contributed by atoms with E-state index in [1.807, 2.05) is 6.07 Å². The first-order valence-electron chi connectivity index (χ1n) is 7.76. The van der Waals surface area contributed by atoms with Crippen LogP contribution >= 0.6 is 0 Å². The summed E-state index contributed by atoms with van der Waals surface area (Å²) in [5, 5.41) is 9.43. The van der Waals surface area contributed by atoms with Gasteiger partial charge in [-0.3, -0.25) is 4.79 Å². The number of hydrogen-bond donors (Lipinski definition) is 0. The molecule has 132 valence electrons. The van der Waals surface area contributed by atoms with Crippen molar-refractivity contribution in [2.45, 2.75) is 20.8 Å². The quantitative estimate of drug-likeness (QED) is 0.476. The van der Waals surface area contributed by atoms with Gasteiger partial charge in [0, 0.05) is 0 Å². The van der Waals surface area contributed by atoms with Crippen LogP contribution in [0.3, 0.4) is 0 Å². The molecule has 0 saturated carbocycles. The SMILES string of the molecule is COC(=O)c1ccc(C(=O)Oc2c(C(C)=O)cc(C)c(C)c2C#N)cc1. The molecule has 0 spiro atoms. The van der Waals surface area contributed by atoms with Gasteiger partial charge >= 0.3 is 11.9 Å². The Morgan fingerprint density at radius 1 is 1.00 bits per heavy atom. The Hall–Kier alpha value is -3.46. The van der Waals surface area contributed by atoms with Crippen molar-refractivity contribution in [2.75, 3.05) is 7.11 Å². The highest BCUT2D eigenvalue weighted by atomic mass is 16.5. The van der Waals surface area contributed by atoms with E-state index in [1.165, 1.54) is 38.3 Å². The Morgan fingerprint density at radius 2 is 1.54 bits per heavy atom. The van der Waals surface area contributed by atoms with E-state index in [1.54, 1.807) is 19.9 Å². The van der Waals surface area contributed by atoms with Crippen molar-refractivity contribution in [1.29, 1.82) is 5.26 Å². The number of ether oxygens (including phenoxy) is 2. The Labute approximate surface area is 151 Å². The molecule has 0 aliphatic heterocycles. The van der Waals surface area contributed by atoms with Crippen LogP contribution < -0.4 is 4.74 Å². The van der Waals surface area contributed by atoms with Crippen LogP contribution in [0.2, 0.25) is 0 Å². The Kier molecular flexibility index (Phi) is 5.53. The zero-order chi connectivity index (χ0) is 19.4. The van der Waals surface area contributed by atoms with Gasteiger partial charge in [0.15, 0.2) is 11.5 Å². The van der Waals surface area contributed by atoms with E-state index in [-0.39, 0.29) is 33.8 Å². The Morgan fingerprint density at radius 3 is 2.00 bits per heavy atom. The van der Waals surface area contributed by atoms with Gasteiger partial charge in [-0.1, -0.05) is 0 Å². The second kappa shape index (κ2) is 7.62. The van der Waals surface area contributed by atoms with Crippen LogP contribution in [0.15, 0.2) is 30.3 Å². The molecular weight excluding hydrogens is 334 g/mol. The number of nitriles is 1. The molecule has 2 aromatic rings. The Balaban J connectivity index is 2.43. The zero-order valence-electron chi connectivity index (χ0n) is 14.9. The minimum Gasteiger partial charge on any atom is -0.465 e. The molecule has 0 amide bonds. The molecule has 0 radical (unpaired) electrons. The maximum absolute atomic E-state index is 12.4. The number of methoxy groups -OCH3 is 1. The number of Topliss-reactive ketones (excluding diaryl/α,β-unsaturated/α-hetero) is 1. The maximum atomic E-state index is 12.4. The molecule has 0 aliphatic rings. The highest BCUT2D eigenvalue weighted by molar-refractivity contribution is 6.00. The van der Waals surface area contributed by atoms with Gasteiger partial charge in [0.05, 0.1) is 29.4 Å². The summed E-state index contributed by atoms with van der Waals surface area (Å²) in [5.74, 6) is -1.62. The predicted molar refractivity (Wildman–Crippen MR) is 93.4 cm³/mol. The molecule has 2 aromatic carbocycles. The van der Waals surface area contributed by atoms with Crippen molar-refractivity contribution >= 4 is 17.7 Å². The van der Waals surface area contributed by atoms with Crippen LogP contribution in [-0.2, 0) is 4.74 Å². The van der Waals surface area contributed by atoms with E-state index in [9.17, 15) is 19.6 Å². The van der Waals surface area contributed by atoms with Crippen LogP contribution in [0, 0.1) is 25.2 Å². The largest absolute Gasteiger partial charge is 0.465 e. The first-order valence-corrected chi connectivity index (χ1v) is 7.76. The molecule has 0 aliphatic carbocycles. The average Bonchev–Trinajstić information content (AvgIpc) is 2.63. The average molecular weight is 351 g/mol. The molecule has 0 atom stereocenters. The van der Waals surface area contributed by atoms with Crippen molar-refractivity contribution in [3.05, 3.63) is 63.7 Å². The number of nitrogens with zero attached hydrogens (tertiary/aromatic N) is 1. The lowest BCUT2D eigenvalue weighted by molar-refractivity contribution is 0.0599. The highest BCUT2D eigenvalue weighted by Gasteiger charge is 2.21. The topological polar surface area (TPSA) is 93.5 Å². The smallest absolute Gasteiger partial charge is 0.343 e. The van der Waals surface area contributed by atoms with Gasteiger partial charge in [0.1, 0.15) is 6.07 Å². The number of ketones is 1. The second-order valence-corrected chi connectivity index (χ2v) is 5.70. The highest BCUT2D eigenvalue weighted by Crippen LogP contribution is 2.30. The van der Waals surface area contributed by atoms with Crippen LogP contribution in [-0.4, -0.2) is 24.8 Å². The monoisotopic (exact) mass is 351 g/mol. The van der Waals surface area contributed by atoms with Crippen molar-refractivity contribution in [1.82, 2.24) is 0 Å². The minimum atomic E-state index is -0.733. The number of aryl methyl sites for hydroxylation is 1. The summed E-state index contributed by atoms with van der Waals surface area (Å²) in [7, 11) is 1.26. The van der Waals surface area contributed by atoms with Crippen molar-refractivity contribution in [3.8, 4) is 11.8 Å². The molecule has 2 rings (SSSR count). The third-order valence-corrected chi connectivity index (χ3v) is 4.03. The summed E-state index contributed by atoms with van der Waals surface area (Å²) in [6.45, 7) is 4.84. The molecule has 26 heavy (non-hydrogen) atoms. The van der Waals surface area contributed by atoms with Gasteiger partial charge in [0.2, 0.25) is 0 Å². The summed E-state index contributed by atoms with van der Waals surface area (Å²) < 4.78 is 9.98. The summed E-state index contributed by atoms with van der Waals surface area (Å²) in [4.78, 5) is 35.8. The number of esters is 2. The molecular formula is C20H17NO5.